The second-order valence-corrected chi connectivity index (χ2v) is 6.86. The van der Waals surface area contributed by atoms with Crippen molar-refractivity contribution >= 4 is 11.6 Å². The Morgan fingerprint density at radius 3 is 2.83 bits per heavy atom. The van der Waals surface area contributed by atoms with Gasteiger partial charge in [0, 0.05) is 12.1 Å². The molecule has 0 fully saturated rings. The van der Waals surface area contributed by atoms with Crippen LogP contribution in [0, 0.1) is 20.8 Å². The molecule has 0 spiro atoms. The van der Waals surface area contributed by atoms with Crippen LogP contribution in [0.15, 0.2) is 18.2 Å². The first kappa shape index (κ1) is 16.6. The fourth-order valence-electron chi connectivity index (χ4n) is 3.54. The average Bonchev–Trinajstić information content (AvgIpc) is 2.85. The Morgan fingerprint density at radius 1 is 1.42 bits per heavy atom. The van der Waals surface area contributed by atoms with Crippen LogP contribution in [-0.2, 0) is 4.79 Å². The number of hydrogen-bond donors (Lipinski definition) is 1. The molecule has 0 radical (unpaired) electrons. The topological polar surface area (TPSA) is 58.2 Å². The number of aryl methyl sites for hydroxylation is 3. The van der Waals surface area contributed by atoms with Crippen molar-refractivity contribution in [3.63, 3.8) is 0 Å². The van der Waals surface area contributed by atoms with Crippen LogP contribution in [-0.4, -0.2) is 28.8 Å². The first-order chi connectivity index (χ1) is 11.4. The standard InChI is InChI=1S/C19H25N3O2/c1-11-6-7-17-16(8-11)22(10-13(3)24-17)18(23)9-12(2)19-14(4)20-21-15(19)5/h6-8,12-13H,9-10H2,1-5H3,(H,20,21). The SMILES string of the molecule is Cc1ccc2c(c1)N(C(=O)CC(C)c1c(C)n[nH]c1C)CC(C)O2. The van der Waals surface area contributed by atoms with Gasteiger partial charge in [-0.1, -0.05) is 13.0 Å². The lowest BCUT2D eigenvalue weighted by molar-refractivity contribution is -0.119. The maximum Gasteiger partial charge on any atom is 0.227 e. The van der Waals surface area contributed by atoms with Crippen molar-refractivity contribution in [3.05, 3.63) is 40.7 Å². The number of ether oxygens (including phenoxy) is 1. The van der Waals surface area contributed by atoms with E-state index >= 15 is 0 Å². The first-order valence-corrected chi connectivity index (χ1v) is 8.46. The summed E-state index contributed by atoms with van der Waals surface area (Å²) in [6.45, 7) is 10.7. The van der Waals surface area contributed by atoms with E-state index in [4.69, 9.17) is 4.74 Å². The number of nitrogens with zero attached hydrogens (tertiary/aromatic N) is 2. The highest BCUT2D eigenvalue weighted by Gasteiger charge is 2.29. The summed E-state index contributed by atoms with van der Waals surface area (Å²) in [6.07, 6.45) is 0.457. The molecule has 5 nitrogen and oxygen atoms in total. The third-order valence-electron chi connectivity index (χ3n) is 4.63. The molecule has 2 atom stereocenters. The van der Waals surface area contributed by atoms with Crippen LogP contribution in [0.5, 0.6) is 5.75 Å². The number of fused-ring (bicyclic) bond motifs is 1. The molecule has 1 amide bonds. The van der Waals surface area contributed by atoms with Crippen LogP contribution in [0.25, 0.3) is 0 Å². The summed E-state index contributed by atoms with van der Waals surface area (Å²) in [5.74, 6) is 1.04. The number of benzene rings is 1. The average molecular weight is 327 g/mol. The molecule has 0 aliphatic carbocycles. The number of rotatable bonds is 3. The van der Waals surface area contributed by atoms with Crippen molar-refractivity contribution < 1.29 is 9.53 Å². The van der Waals surface area contributed by atoms with Gasteiger partial charge in [-0.25, -0.2) is 0 Å². The number of hydrogen-bond acceptors (Lipinski definition) is 3. The second kappa shape index (κ2) is 6.30. The molecule has 2 heterocycles. The first-order valence-electron chi connectivity index (χ1n) is 8.46. The molecular weight excluding hydrogens is 302 g/mol. The van der Waals surface area contributed by atoms with E-state index in [-0.39, 0.29) is 17.9 Å². The molecule has 0 saturated heterocycles. The van der Waals surface area contributed by atoms with Gasteiger partial charge < -0.3 is 9.64 Å². The van der Waals surface area contributed by atoms with Crippen molar-refractivity contribution in [1.82, 2.24) is 10.2 Å². The summed E-state index contributed by atoms with van der Waals surface area (Å²) in [5.41, 5.74) is 5.16. The molecule has 24 heavy (non-hydrogen) atoms. The van der Waals surface area contributed by atoms with E-state index in [2.05, 4.69) is 17.1 Å². The molecule has 1 aliphatic rings. The summed E-state index contributed by atoms with van der Waals surface area (Å²) in [4.78, 5) is 14.9. The van der Waals surface area contributed by atoms with Gasteiger partial charge in [0.25, 0.3) is 0 Å². The Bertz CT molecular complexity index is 746. The van der Waals surface area contributed by atoms with Crippen LogP contribution < -0.4 is 9.64 Å². The monoisotopic (exact) mass is 327 g/mol. The van der Waals surface area contributed by atoms with Crippen molar-refractivity contribution in [2.75, 3.05) is 11.4 Å². The van der Waals surface area contributed by atoms with E-state index in [0.29, 0.717) is 13.0 Å². The minimum Gasteiger partial charge on any atom is -0.487 e. The molecule has 5 heteroatoms. The highest BCUT2D eigenvalue weighted by Crippen LogP contribution is 2.35. The molecule has 0 saturated carbocycles. The summed E-state index contributed by atoms with van der Waals surface area (Å²) in [5, 5.41) is 7.25. The Labute approximate surface area is 143 Å². The summed E-state index contributed by atoms with van der Waals surface area (Å²) >= 11 is 0. The maximum absolute atomic E-state index is 13.0. The molecule has 2 aromatic rings. The number of aromatic nitrogens is 2. The molecule has 3 rings (SSSR count). The van der Waals surface area contributed by atoms with Gasteiger partial charge in [0.15, 0.2) is 0 Å². The van der Waals surface area contributed by atoms with E-state index in [1.807, 2.05) is 50.8 Å². The number of H-pyrrole nitrogens is 1. The van der Waals surface area contributed by atoms with Gasteiger partial charge in [-0.15, -0.1) is 0 Å². The Hall–Kier alpha value is -2.30. The third-order valence-corrected chi connectivity index (χ3v) is 4.63. The van der Waals surface area contributed by atoms with Gasteiger partial charge in [-0.2, -0.15) is 5.10 Å². The number of aromatic amines is 1. The van der Waals surface area contributed by atoms with Gasteiger partial charge in [-0.05, 0) is 56.9 Å². The number of carbonyl (C=O) groups excluding carboxylic acids is 1. The predicted molar refractivity (Wildman–Crippen MR) is 94.7 cm³/mol. The smallest absolute Gasteiger partial charge is 0.227 e. The number of amides is 1. The maximum atomic E-state index is 13.0. The van der Waals surface area contributed by atoms with Gasteiger partial charge in [0.2, 0.25) is 5.91 Å². The molecule has 1 aromatic heterocycles. The zero-order chi connectivity index (χ0) is 17.4. The van der Waals surface area contributed by atoms with E-state index in [9.17, 15) is 4.79 Å². The summed E-state index contributed by atoms with van der Waals surface area (Å²) < 4.78 is 5.87. The van der Waals surface area contributed by atoms with Gasteiger partial charge >= 0.3 is 0 Å². The number of anilines is 1. The molecular formula is C19H25N3O2. The van der Waals surface area contributed by atoms with Crippen molar-refractivity contribution in [1.29, 1.82) is 0 Å². The lowest BCUT2D eigenvalue weighted by Crippen LogP contribution is -2.42. The molecule has 1 N–H and O–H groups in total. The van der Waals surface area contributed by atoms with E-state index in [1.54, 1.807) is 0 Å². The van der Waals surface area contributed by atoms with E-state index in [0.717, 1.165) is 34.0 Å². The molecule has 128 valence electrons. The molecule has 0 bridgehead atoms. The van der Waals surface area contributed by atoms with Gasteiger partial charge in [0.05, 0.1) is 17.9 Å². The highest BCUT2D eigenvalue weighted by molar-refractivity contribution is 5.96. The van der Waals surface area contributed by atoms with Gasteiger partial charge in [-0.3, -0.25) is 9.89 Å². The highest BCUT2D eigenvalue weighted by atomic mass is 16.5. The molecule has 2 unspecified atom stereocenters. The normalized spacial score (nSPS) is 18.0. The van der Waals surface area contributed by atoms with E-state index in [1.165, 1.54) is 0 Å². The van der Waals surface area contributed by atoms with Crippen molar-refractivity contribution in [3.8, 4) is 5.75 Å². The van der Waals surface area contributed by atoms with Crippen LogP contribution in [0.3, 0.4) is 0 Å². The number of carbonyl (C=O) groups is 1. The Balaban J connectivity index is 1.84. The lowest BCUT2D eigenvalue weighted by Gasteiger charge is -2.34. The lowest BCUT2D eigenvalue weighted by atomic mass is 9.95. The Kier molecular flexibility index (Phi) is 4.35. The van der Waals surface area contributed by atoms with Crippen LogP contribution in [0.1, 0.15) is 48.7 Å². The van der Waals surface area contributed by atoms with Crippen LogP contribution in [0.2, 0.25) is 0 Å². The fraction of sp³-hybridized carbons (Fsp3) is 0.474. The largest absolute Gasteiger partial charge is 0.487 e. The Morgan fingerprint density at radius 2 is 2.17 bits per heavy atom. The zero-order valence-corrected chi connectivity index (χ0v) is 15.0. The minimum absolute atomic E-state index is 0.00291. The van der Waals surface area contributed by atoms with Crippen LogP contribution in [0.4, 0.5) is 5.69 Å². The van der Waals surface area contributed by atoms with Crippen LogP contribution >= 0.6 is 0 Å². The zero-order valence-electron chi connectivity index (χ0n) is 15.0. The van der Waals surface area contributed by atoms with Crippen molar-refractivity contribution in [2.24, 2.45) is 0 Å². The quantitative estimate of drug-likeness (QED) is 0.936. The van der Waals surface area contributed by atoms with Crippen molar-refractivity contribution in [2.45, 2.75) is 53.1 Å². The third kappa shape index (κ3) is 3.03. The summed E-state index contributed by atoms with van der Waals surface area (Å²) in [6, 6.07) is 5.99. The summed E-state index contributed by atoms with van der Waals surface area (Å²) in [7, 11) is 0. The number of nitrogens with one attached hydrogen (secondary N) is 1. The minimum atomic E-state index is -0.00291. The molecule has 1 aliphatic heterocycles. The van der Waals surface area contributed by atoms with E-state index < -0.39 is 0 Å². The second-order valence-electron chi connectivity index (χ2n) is 6.86. The fourth-order valence-corrected chi connectivity index (χ4v) is 3.54. The van der Waals surface area contributed by atoms with Gasteiger partial charge in [0.1, 0.15) is 11.9 Å². The predicted octanol–water partition coefficient (Wildman–Crippen LogP) is 3.64. The molecule has 1 aromatic carbocycles.